The van der Waals surface area contributed by atoms with E-state index >= 15 is 0 Å². The number of rotatable bonds is 3. The summed E-state index contributed by atoms with van der Waals surface area (Å²) in [7, 11) is 0. The van der Waals surface area contributed by atoms with Gasteiger partial charge >= 0.3 is 6.03 Å². The van der Waals surface area contributed by atoms with Gasteiger partial charge in [0.1, 0.15) is 0 Å². The van der Waals surface area contributed by atoms with Crippen LogP contribution in [0.2, 0.25) is 0 Å². The van der Waals surface area contributed by atoms with Gasteiger partial charge in [-0.15, -0.1) is 0 Å². The monoisotopic (exact) mass is 232 g/mol. The molecule has 0 saturated heterocycles. The number of hydroxylamine groups is 2. The van der Waals surface area contributed by atoms with Crippen molar-refractivity contribution < 1.29 is 10.0 Å². The van der Waals surface area contributed by atoms with Crippen LogP contribution in [-0.4, -0.2) is 22.3 Å². The Bertz CT molecular complexity index is 424. The number of urea groups is 1. The lowest BCUT2D eigenvalue weighted by Gasteiger charge is -2.39. The summed E-state index contributed by atoms with van der Waals surface area (Å²) >= 11 is 0. The largest absolute Gasteiger partial charge is 0.350 e. The Balaban J connectivity index is 1.92. The maximum absolute atomic E-state index is 10.8. The molecule has 0 unspecified atom stereocenters. The van der Waals surface area contributed by atoms with Crippen LogP contribution < -0.4 is 5.73 Å². The molecule has 1 aromatic rings. The molecule has 1 aliphatic rings. The SMILES string of the molecule is C=C(c1ccccc1)C1CC(N(O)C(N)=O)C1. The third-order valence-corrected chi connectivity index (χ3v) is 3.32. The number of primary amides is 1. The maximum Gasteiger partial charge on any atom is 0.338 e. The average molecular weight is 232 g/mol. The highest BCUT2D eigenvalue weighted by molar-refractivity contribution is 5.72. The zero-order valence-electron chi connectivity index (χ0n) is 9.54. The van der Waals surface area contributed by atoms with Crippen LogP contribution in [0.5, 0.6) is 0 Å². The van der Waals surface area contributed by atoms with Crippen LogP contribution in [-0.2, 0) is 0 Å². The molecule has 0 heterocycles. The van der Waals surface area contributed by atoms with Gasteiger partial charge in [0, 0.05) is 0 Å². The summed E-state index contributed by atoms with van der Waals surface area (Å²) in [5.41, 5.74) is 7.16. The summed E-state index contributed by atoms with van der Waals surface area (Å²) < 4.78 is 0. The van der Waals surface area contributed by atoms with E-state index in [1.807, 2.05) is 30.3 Å². The standard InChI is InChI=1S/C13H16N2O2/c1-9(10-5-3-2-4-6-10)11-7-12(8-11)15(17)13(14)16/h2-6,11-12,17H,1,7-8H2,(H2,14,16). The van der Waals surface area contributed by atoms with Crippen LogP contribution in [0.4, 0.5) is 4.79 Å². The minimum Gasteiger partial charge on any atom is -0.350 e. The van der Waals surface area contributed by atoms with Gasteiger partial charge < -0.3 is 5.73 Å². The minimum absolute atomic E-state index is 0.169. The highest BCUT2D eigenvalue weighted by atomic mass is 16.5. The number of benzene rings is 1. The molecule has 4 nitrogen and oxygen atoms in total. The van der Waals surface area contributed by atoms with Crippen LogP contribution in [0.1, 0.15) is 18.4 Å². The third-order valence-electron chi connectivity index (χ3n) is 3.32. The first kappa shape index (κ1) is 11.7. The van der Waals surface area contributed by atoms with Crippen molar-refractivity contribution in [1.29, 1.82) is 0 Å². The van der Waals surface area contributed by atoms with Crippen molar-refractivity contribution in [3.8, 4) is 0 Å². The fraction of sp³-hybridized carbons (Fsp3) is 0.308. The van der Waals surface area contributed by atoms with E-state index in [-0.39, 0.29) is 6.04 Å². The van der Waals surface area contributed by atoms with Crippen LogP contribution in [0.15, 0.2) is 36.9 Å². The van der Waals surface area contributed by atoms with Gasteiger partial charge in [0.25, 0.3) is 0 Å². The smallest absolute Gasteiger partial charge is 0.338 e. The Labute approximate surface area is 100 Å². The molecular weight excluding hydrogens is 216 g/mol. The molecule has 4 heteroatoms. The fourth-order valence-electron chi connectivity index (χ4n) is 2.14. The zero-order chi connectivity index (χ0) is 12.4. The molecule has 2 rings (SSSR count). The van der Waals surface area contributed by atoms with Gasteiger partial charge in [0.15, 0.2) is 0 Å². The molecule has 1 fully saturated rings. The van der Waals surface area contributed by atoms with E-state index in [0.717, 1.165) is 11.1 Å². The molecule has 1 aromatic carbocycles. The van der Waals surface area contributed by atoms with Gasteiger partial charge in [-0.2, -0.15) is 0 Å². The summed E-state index contributed by atoms with van der Waals surface area (Å²) in [5.74, 6) is 0.316. The lowest BCUT2D eigenvalue weighted by molar-refractivity contribution is -0.104. The highest BCUT2D eigenvalue weighted by Gasteiger charge is 2.36. The normalized spacial score (nSPS) is 22.6. The van der Waals surface area contributed by atoms with Crippen LogP contribution in [0.3, 0.4) is 0 Å². The number of nitrogens with two attached hydrogens (primary N) is 1. The molecule has 0 atom stereocenters. The second kappa shape index (κ2) is 4.59. The second-order valence-corrected chi connectivity index (χ2v) is 4.40. The topological polar surface area (TPSA) is 66.6 Å². The van der Waals surface area contributed by atoms with Crippen molar-refractivity contribution in [2.45, 2.75) is 18.9 Å². The molecule has 0 aromatic heterocycles. The Morgan fingerprint density at radius 3 is 2.47 bits per heavy atom. The van der Waals surface area contributed by atoms with Crippen molar-refractivity contribution in [3.05, 3.63) is 42.5 Å². The summed E-state index contributed by atoms with van der Waals surface area (Å²) in [6.07, 6.45) is 1.43. The van der Waals surface area contributed by atoms with Crippen LogP contribution in [0, 0.1) is 5.92 Å². The Morgan fingerprint density at radius 2 is 1.94 bits per heavy atom. The van der Waals surface area contributed by atoms with E-state index in [1.165, 1.54) is 0 Å². The average Bonchev–Trinajstić information content (AvgIpc) is 2.27. The summed E-state index contributed by atoms with van der Waals surface area (Å²) in [6.45, 7) is 4.07. The summed E-state index contributed by atoms with van der Waals surface area (Å²) in [6, 6.07) is 8.97. The number of hydrogen-bond donors (Lipinski definition) is 2. The molecule has 2 amide bonds. The lowest BCUT2D eigenvalue weighted by atomic mass is 9.74. The minimum atomic E-state index is -0.793. The van der Waals surface area contributed by atoms with Gasteiger partial charge in [0.2, 0.25) is 0 Å². The van der Waals surface area contributed by atoms with Crippen molar-refractivity contribution in [2.75, 3.05) is 0 Å². The van der Waals surface area contributed by atoms with E-state index in [9.17, 15) is 10.0 Å². The Hall–Kier alpha value is -1.81. The molecule has 17 heavy (non-hydrogen) atoms. The van der Waals surface area contributed by atoms with Gasteiger partial charge in [-0.05, 0) is 29.9 Å². The molecule has 0 aliphatic heterocycles. The van der Waals surface area contributed by atoms with Gasteiger partial charge in [0.05, 0.1) is 6.04 Å². The number of amides is 2. The summed E-state index contributed by atoms with van der Waals surface area (Å²) in [5, 5.41) is 9.97. The van der Waals surface area contributed by atoms with E-state index < -0.39 is 6.03 Å². The van der Waals surface area contributed by atoms with Crippen LogP contribution in [0.25, 0.3) is 5.57 Å². The third kappa shape index (κ3) is 2.31. The van der Waals surface area contributed by atoms with Crippen molar-refractivity contribution in [3.63, 3.8) is 0 Å². The van der Waals surface area contributed by atoms with Gasteiger partial charge in [-0.1, -0.05) is 36.9 Å². The number of nitrogens with zero attached hydrogens (tertiary/aromatic N) is 1. The predicted octanol–water partition coefficient (Wildman–Crippen LogP) is 2.25. The quantitative estimate of drug-likeness (QED) is 0.620. The zero-order valence-corrected chi connectivity index (χ0v) is 9.54. The molecule has 1 aliphatic carbocycles. The Morgan fingerprint density at radius 1 is 1.35 bits per heavy atom. The second-order valence-electron chi connectivity index (χ2n) is 4.40. The van der Waals surface area contributed by atoms with Crippen molar-refractivity contribution in [2.24, 2.45) is 11.7 Å². The van der Waals surface area contributed by atoms with E-state index in [1.54, 1.807) is 0 Å². The first-order valence-electron chi connectivity index (χ1n) is 5.61. The number of hydrogen-bond acceptors (Lipinski definition) is 2. The maximum atomic E-state index is 10.8. The van der Waals surface area contributed by atoms with E-state index in [4.69, 9.17) is 5.73 Å². The molecule has 1 saturated carbocycles. The Kier molecular flexibility index (Phi) is 3.15. The van der Waals surface area contributed by atoms with Crippen molar-refractivity contribution >= 4 is 11.6 Å². The number of carbonyl (C=O) groups is 1. The predicted molar refractivity (Wildman–Crippen MR) is 65.2 cm³/mol. The molecule has 90 valence electrons. The first-order chi connectivity index (χ1) is 8.09. The number of allylic oxidation sites excluding steroid dienone is 1. The molecule has 3 N–H and O–H groups in total. The summed E-state index contributed by atoms with van der Waals surface area (Å²) in [4.78, 5) is 10.8. The highest BCUT2D eigenvalue weighted by Crippen LogP contribution is 2.39. The molecule has 0 spiro atoms. The van der Waals surface area contributed by atoms with Crippen molar-refractivity contribution in [1.82, 2.24) is 5.06 Å². The molecule has 0 radical (unpaired) electrons. The lowest BCUT2D eigenvalue weighted by Crippen LogP contribution is -2.48. The van der Waals surface area contributed by atoms with Gasteiger partial charge in [-0.25, -0.2) is 9.86 Å². The number of carbonyl (C=O) groups excluding carboxylic acids is 1. The van der Waals surface area contributed by atoms with Gasteiger partial charge in [-0.3, -0.25) is 5.21 Å². The fourth-order valence-corrected chi connectivity index (χ4v) is 2.14. The molecule has 0 bridgehead atoms. The molecular formula is C13H16N2O2. The first-order valence-corrected chi connectivity index (χ1v) is 5.61. The van der Waals surface area contributed by atoms with E-state index in [0.29, 0.717) is 23.8 Å². The van der Waals surface area contributed by atoms with Crippen LogP contribution >= 0.6 is 0 Å². The van der Waals surface area contributed by atoms with E-state index in [2.05, 4.69) is 6.58 Å².